The van der Waals surface area contributed by atoms with Crippen molar-refractivity contribution in [2.75, 3.05) is 0 Å². The molecule has 0 bridgehead atoms. The molecule has 0 spiro atoms. The lowest BCUT2D eigenvalue weighted by atomic mass is 9.79. The van der Waals surface area contributed by atoms with Gasteiger partial charge in [-0.15, -0.1) is 0 Å². The van der Waals surface area contributed by atoms with E-state index in [1.165, 1.54) is 19.3 Å². The molecule has 5 heteroatoms. The summed E-state index contributed by atoms with van der Waals surface area (Å²) in [7, 11) is 0. The summed E-state index contributed by atoms with van der Waals surface area (Å²) < 4.78 is 25.2. The van der Waals surface area contributed by atoms with Crippen molar-refractivity contribution >= 4 is 5.78 Å². The molecule has 2 aromatic carbocycles. The summed E-state index contributed by atoms with van der Waals surface area (Å²) in [6.45, 7) is 7.19. The van der Waals surface area contributed by atoms with E-state index in [1.807, 2.05) is 62.4 Å². The highest BCUT2D eigenvalue weighted by Crippen LogP contribution is 2.37. The molecule has 2 aliphatic rings. The fraction of sp³-hybridized carbons (Fsp3) is 0.606. The van der Waals surface area contributed by atoms with Gasteiger partial charge in [0.2, 0.25) is 0 Å². The highest BCUT2D eigenvalue weighted by atomic mass is 16.7. The van der Waals surface area contributed by atoms with Crippen LogP contribution < -0.4 is 0 Å². The topological polar surface area (TPSA) is 54.0 Å². The Morgan fingerprint density at radius 1 is 0.763 bits per heavy atom. The van der Waals surface area contributed by atoms with E-state index in [-0.39, 0.29) is 36.1 Å². The van der Waals surface area contributed by atoms with E-state index >= 15 is 0 Å². The Balaban J connectivity index is 1.39. The van der Waals surface area contributed by atoms with Crippen molar-refractivity contribution in [1.82, 2.24) is 0 Å². The van der Waals surface area contributed by atoms with Crippen molar-refractivity contribution in [2.24, 2.45) is 5.92 Å². The largest absolute Gasteiger partial charge is 0.373 e. The third kappa shape index (κ3) is 8.47. The second kappa shape index (κ2) is 14.4. The quantitative estimate of drug-likeness (QED) is 0.242. The molecule has 1 aliphatic carbocycles. The standard InChI is InChI=1S/C33H46O5/c1-4-5-6-13-18-29-30(38-33(2,3)37-29)20-19-27-28(35-23-25-14-9-7-10-15-25)21-22-31(32(27)34)36-24-26-16-11-8-12-17-26/h7-12,14-17,27-31H,4-6,13,18-24H2,1-3H3/t27-,28-,29+,30+,31+/m1/s1. The summed E-state index contributed by atoms with van der Waals surface area (Å²) in [5, 5.41) is 0. The van der Waals surface area contributed by atoms with Gasteiger partial charge in [-0.2, -0.15) is 0 Å². The van der Waals surface area contributed by atoms with Crippen molar-refractivity contribution in [1.29, 1.82) is 0 Å². The number of ketones is 1. The summed E-state index contributed by atoms with van der Waals surface area (Å²) in [4.78, 5) is 13.7. The number of hydrogen-bond donors (Lipinski definition) is 0. The molecule has 208 valence electrons. The first-order valence-electron chi connectivity index (χ1n) is 14.7. The van der Waals surface area contributed by atoms with Gasteiger partial charge in [0.25, 0.3) is 0 Å². The molecule has 2 aromatic rings. The minimum absolute atomic E-state index is 0.000173. The summed E-state index contributed by atoms with van der Waals surface area (Å²) in [5.41, 5.74) is 2.21. The van der Waals surface area contributed by atoms with Gasteiger partial charge in [0.1, 0.15) is 6.10 Å². The van der Waals surface area contributed by atoms with Crippen LogP contribution in [0.5, 0.6) is 0 Å². The molecule has 0 amide bonds. The van der Waals surface area contributed by atoms with Crippen LogP contribution in [0.15, 0.2) is 60.7 Å². The molecule has 4 rings (SSSR count). The number of ether oxygens (including phenoxy) is 4. The van der Waals surface area contributed by atoms with Crippen LogP contribution in [0.4, 0.5) is 0 Å². The van der Waals surface area contributed by atoms with Crippen LogP contribution in [0.25, 0.3) is 0 Å². The molecule has 1 heterocycles. The zero-order chi connectivity index (χ0) is 26.8. The van der Waals surface area contributed by atoms with Gasteiger partial charge in [-0.25, -0.2) is 0 Å². The normalized spacial score (nSPS) is 27.0. The van der Waals surface area contributed by atoms with Crippen molar-refractivity contribution in [2.45, 2.75) is 122 Å². The number of carbonyl (C=O) groups is 1. The van der Waals surface area contributed by atoms with Crippen molar-refractivity contribution < 1.29 is 23.7 Å². The molecule has 5 atom stereocenters. The van der Waals surface area contributed by atoms with E-state index in [4.69, 9.17) is 18.9 Å². The van der Waals surface area contributed by atoms with Gasteiger partial charge in [-0.3, -0.25) is 4.79 Å². The van der Waals surface area contributed by atoms with Gasteiger partial charge in [-0.05, 0) is 57.1 Å². The fourth-order valence-electron chi connectivity index (χ4n) is 5.84. The molecule has 38 heavy (non-hydrogen) atoms. The van der Waals surface area contributed by atoms with Crippen molar-refractivity contribution in [3.05, 3.63) is 71.8 Å². The van der Waals surface area contributed by atoms with Gasteiger partial charge in [-0.1, -0.05) is 93.3 Å². The lowest BCUT2D eigenvalue weighted by Crippen LogP contribution is -2.44. The van der Waals surface area contributed by atoms with E-state index in [9.17, 15) is 4.79 Å². The Bertz CT molecular complexity index is 960. The second-order valence-electron chi connectivity index (χ2n) is 11.3. The van der Waals surface area contributed by atoms with E-state index in [0.717, 1.165) is 43.2 Å². The molecule has 1 saturated heterocycles. The SMILES string of the molecule is CCCCCC[C@@H]1OC(C)(C)O[C@H]1CC[C@H]1C(=O)[C@@H](OCc2ccccc2)CC[C@H]1OCc1ccccc1. The van der Waals surface area contributed by atoms with Gasteiger partial charge in [0, 0.05) is 5.92 Å². The summed E-state index contributed by atoms with van der Waals surface area (Å²) in [6.07, 6.45) is 8.44. The van der Waals surface area contributed by atoms with Crippen molar-refractivity contribution in [3.8, 4) is 0 Å². The predicted molar refractivity (Wildman–Crippen MR) is 150 cm³/mol. The van der Waals surface area contributed by atoms with Crippen LogP contribution in [0, 0.1) is 5.92 Å². The van der Waals surface area contributed by atoms with Gasteiger partial charge < -0.3 is 18.9 Å². The first-order valence-corrected chi connectivity index (χ1v) is 14.7. The van der Waals surface area contributed by atoms with Crippen LogP contribution >= 0.6 is 0 Å². The molecule has 1 saturated carbocycles. The average molecular weight is 523 g/mol. The Morgan fingerprint density at radius 2 is 1.37 bits per heavy atom. The molecule has 0 radical (unpaired) electrons. The van der Waals surface area contributed by atoms with E-state index in [1.54, 1.807) is 0 Å². The fourth-order valence-corrected chi connectivity index (χ4v) is 5.84. The van der Waals surface area contributed by atoms with Crippen LogP contribution in [-0.4, -0.2) is 36.0 Å². The van der Waals surface area contributed by atoms with Crippen LogP contribution in [0.3, 0.4) is 0 Å². The smallest absolute Gasteiger partial charge is 0.167 e. The molecule has 0 N–H and O–H groups in total. The Morgan fingerprint density at radius 3 is 2.00 bits per heavy atom. The average Bonchev–Trinajstić information content (AvgIpc) is 3.23. The third-order valence-electron chi connectivity index (χ3n) is 7.84. The zero-order valence-electron chi connectivity index (χ0n) is 23.5. The number of hydrogen-bond acceptors (Lipinski definition) is 5. The molecule has 0 aromatic heterocycles. The first-order chi connectivity index (χ1) is 18.4. The molecule has 1 aliphatic heterocycles. The molecule has 0 unspecified atom stereocenters. The van der Waals surface area contributed by atoms with Crippen LogP contribution in [-0.2, 0) is 37.0 Å². The van der Waals surface area contributed by atoms with Gasteiger partial charge in [0.15, 0.2) is 11.6 Å². The highest BCUT2D eigenvalue weighted by molar-refractivity contribution is 5.86. The number of benzene rings is 2. The molecular weight excluding hydrogens is 476 g/mol. The van der Waals surface area contributed by atoms with Crippen LogP contribution in [0.1, 0.15) is 89.7 Å². The minimum Gasteiger partial charge on any atom is -0.373 e. The Labute approximate surface area is 229 Å². The summed E-state index contributed by atoms with van der Waals surface area (Å²) in [5.74, 6) is -0.620. The summed E-state index contributed by atoms with van der Waals surface area (Å²) >= 11 is 0. The maximum atomic E-state index is 13.7. The monoisotopic (exact) mass is 522 g/mol. The molecular formula is C33H46O5. The van der Waals surface area contributed by atoms with E-state index < -0.39 is 5.79 Å². The Kier molecular flexibility index (Phi) is 10.9. The highest BCUT2D eigenvalue weighted by Gasteiger charge is 2.43. The van der Waals surface area contributed by atoms with Crippen molar-refractivity contribution in [3.63, 3.8) is 0 Å². The summed E-state index contributed by atoms with van der Waals surface area (Å²) in [6, 6.07) is 20.3. The van der Waals surface area contributed by atoms with Gasteiger partial charge in [0.05, 0.1) is 31.5 Å². The number of unbranched alkanes of at least 4 members (excludes halogenated alkanes) is 3. The lowest BCUT2D eigenvalue weighted by molar-refractivity contribution is -0.152. The third-order valence-corrected chi connectivity index (χ3v) is 7.84. The van der Waals surface area contributed by atoms with E-state index in [2.05, 4.69) is 19.1 Å². The molecule has 2 fully saturated rings. The number of carbonyl (C=O) groups excluding carboxylic acids is 1. The van der Waals surface area contributed by atoms with Crippen LogP contribution in [0.2, 0.25) is 0 Å². The maximum Gasteiger partial charge on any atom is 0.167 e. The first kappa shape index (κ1) is 28.9. The van der Waals surface area contributed by atoms with E-state index in [0.29, 0.717) is 19.6 Å². The Hall–Kier alpha value is -2.05. The lowest BCUT2D eigenvalue weighted by Gasteiger charge is -2.35. The van der Waals surface area contributed by atoms with Gasteiger partial charge >= 0.3 is 0 Å². The second-order valence-corrected chi connectivity index (χ2v) is 11.3. The number of Topliss-reactive ketones (excluding diaryl/α,β-unsaturated/α-hetero) is 1. The number of rotatable bonds is 14. The predicted octanol–water partition coefficient (Wildman–Crippen LogP) is 7.41. The zero-order valence-corrected chi connectivity index (χ0v) is 23.5. The maximum absolute atomic E-state index is 13.7. The minimum atomic E-state index is -0.582. The molecule has 5 nitrogen and oxygen atoms in total.